The monoisotopic (exact) mass is 451 g/mol. The molecule has 0 aromatic heterocycles. The van der Waals surface area contributed by atoms with Gasteiger partial charge in [-0.1, -0.05) is 70.2 Å². The third-order valence-electron chi connectivity index (χ3n) is 5.33. The fourth-order valence-corrected chi connectivity index (χ4v) is 3.78. The molecule has 0 saturated carbocycles. The van der Waals surface area contributed by atoms with Crippen LogP contribution in [0.5, 0.6) is 0 Å². The Morgan fingerprint density at radius 1 is 1.00 bits per heavy atom. The van der Waals surface area contributed by atoms with Gasteiger partial charge in [-0.15, -0.1) is 0 Å². The number of carbonyl (C=O) groups is 3. The number of cyclic esters (lactones) is 1. The third-order valence-corrected chi connectivity index (χ3v) is 5.33. The highest BCUT2D eigenvalue weighted by atomic mass is 16.6. The van der Waals surface area contributed by atoms with Gasteiger partial charge in [-0.3, -0.25) is 14.5 Å². The first-order valence-corrected chi connectivity index (χ1v) is 11.4. The Bertz CT molecular complexity index is 975. The molecule has 2 N–H and O–H groups in total. The predicted octanol–water partition coefficient (Wildman–Crippen LogP) is 4.51. The smallest absolute Gasteiger partial charge is 0.411 e. The Hall–Kier alpha value is -3.35. The molecular formula is C26H33N3O4. The van der Waals surface area contributed by atoms with E-state index in [1.807, 2.05) is 64.1 Å². The van der Waals surface area contributed by atoms with E-state index in [1.54, 1.807) is 18.2 Å². The SMILES string of the molecule is CC(C)CNC(=O)[C@@H]1[C@H](c2cccc(NC(=O)CC(C)C)c2)OC(=O)N1Cc1ccccc1. The number of benzene rings is 2. The summed E-state index contributed by atoms with van der Waals surface area (Å²) in [4.78, 5) is 39.7. The molecule has 176 valence electrons. The van der Waals surface area contributed by atoms with Crippen LogP contribution in [-0.4, -0.2) is 35.4 Å². The number of carbonyl (C=O) groups excluding carboxylic acids is 3. The van der Waals surface area contributed by atoms with E-state index in [4.69, 9.17) is 4.74 Å². The van der Waals surface area contributed by atoms with Gasteiger partial charge in [0.05, 0.1) is 6.54 Å². The van der Waals surface area contributed by atoms with Crippen molar-refractivity contribution in [2.24, 2.45) is 11.8 Å². The number of nitrogens with one attached hydrogen (secondary N) is 2. The van der Waals surface area contributed by atoms with E-state index in [0.29, 0.717) is 24.2 Å². The molecule has 0 aliphatic carbocycles. The molecule has 1 aliphatic heterocycles. The first-order valence-electron chi connectivity index (χ1n) is 11.4. The maximum Gasteiger partial charge on any atom is 0.411 e. The van der Waals surface area contributed by atoms with Crippen molar-refractivity contribution in [3.63, 3.8) is 0 Å². The largest absolute Gasteiger partial charge is 0.438 e. The molecule has 1 fully saturated rings. The molecule has 0 unspecified atom stereocenters. The van der Waals surface area contributed by atoms with Gasteiger partial charge in [0.25, 0.3) is 0 Å². The van der Waals surface area contributed by atoms with Crippen molar-refractivity contribution in [3.8, 4) is 0 Å². The summed E-state index contributed by atoms with van der Waals surface area (Å²) in [5.41, 5.74) is 2.18. The third kappa shape index (κ3) is 6.57. The zero-order valence-electron chi connectivity index (χ0n) is 19.7. The van der Waals surface area contributed by atoms with Gasteiger partial charge < -0.3 is 15.4 Å². The van der Waals surface area contributed by atoms with Gasteiger partial charge in [-0.25, -0.2) is 4.79 Å². The molecule has 33 heavy (non-hydrogen) atoms. The topological polar surface area (TPSA) is 87.7 Å². The molecule has 1 saturated heterocycles. The summed E-state index contributed by atoms with van der Waals surface area (Å²) in [6, 6.07) is 15.8. The molecule has 0 bridgehead atoms. The van der Waals surface area contributed by atoms with E-state index in [-0.39, 0.29) is 30.2 Å². The van der Waals surface area contributed by atoms with Crippen molar-refractivity contribution in [1.29, 1.82) is 0 Å². The van der Waals surface area contributed by atoms with Crippen molar-refractivity contribution in [3.05, 3.63) is 65.7 Å². The molecule has 0 spiro atoms. The molecule has 3 amide bonds. The van der Waals surface area contributed by atoms with Gasteiger partial charge in [0, 0.05) is 18.7 Å². The molecule has 0 radical (unpaired) electrons. The van der Waals surface area contributed by atoms with Crippen LogP contribution in [0.3, 0.4) is 0 Å². The van der Waals surface area contributed by atoms with Crippen molar-refractivity contribution in [2.45, 2.75) is 52.8 Å². The second kappa shape index (κ2) is 11.0. The van der Waals surface area contributed by atoms with Crippen molar-refractivity contribution >= 4 is 23.6 Å². The Morgan fingerprint density at radius 3 is 2.39 bits per heavy atom. The normalized spacial score (nSPS) is 17.9. The van der Waals surface area contributed by atoms with Crippen molar-refractivity contribution in [2.75, 3.05) is 11.9 Å². The zero-order chi connectivity index (χ0) is 24.0. The summed E-state index contributed by atoms with van der Waals surface area (Å²) in [6.07, 6.45) is -0.911. The second-order valence-electron chi connectivity index (χ2n) is 9.27. The number of hydrogen-bond acceptors (Lipinski definition) is 4. The Labute approximate surface area is 195 Å². The Kier molecular flexibility index (Phi) is 8.09. The Balaban J connectivity index is 1.87. The predicted molar refractivity (Wildman–Crippen MR) is 127 cm³/mol. The van der Waals surface area contributed by atoms with E-state index in [0.717, 1.165) is 5.56 Å². The lowest BCUT2D eigenvalue weighted by Gasteiger charge is -2.25. The minimum atomic E-state index is -0.821. The van der Waals surface area contributed by atoms with Crippen LogP contribution in [0, 0.1) is 11.8 Å². The fraction of sp³-hybridized carbons (Fsp3) is 0.423. The summed E-state index contributed by atoms with van der Waals surface area (Å²) in [5.74, 6) is 0.171. The van der Waals surface area contributed by atoms with Crippen LogP contribution >= 0.6 is 0 Å². The molecule has 1 heterocycles. The molecular weight excluding hydrogens is 418 g/mol. The standard InChI is InChI=1S/C26H33N3O4/c1-17(2)13-22(30)28-21-12-8-11-20(14-21)24-23(25(31)27-15-18(3)4)29(26(32)33-24)16-19-9-6-5-7-10-19/h5-12,14,17-18,23-24H,13,15-16H2,1-4H3,(H,27,31)(H,28,30)/t23-,24-/m0/s1. The van der Waals surface area contributed by atoms with Crippen LogP contribution in [0.2, 0.25) is 0 Å². The molecule has 7 heteroatoms. The van der Waals surface area contributed by atoms with Crippen molar-refractivity contribution < 1.29 is 19.1 Å². The highest BCUT2D eigenvalue weighted by molar-refractivity contribution is 5.91. The fourth-order valence-electron chi connectivity index (χ4n) is 3.78. The summed E-state index contributed by atoms with van der Waals surface area (Å²) in [7, 11) is 0. The average Bonchev–Trinajstić information content (AvgIpc) is 3.08. The molecule has 2 atom stereocenters. The first kappa shape index (κ1) is 24.3. The van der Waals surface area contributed by atoms with E-state index in [9.17, 15) is 14.4 Å². The van der Waals surface area contributed by atoms with Crippen LogP contribution in [0.1, 0.15) is 51.3 Å². The molecule has 2 aromatic carbocycles. The number of amides is 3. The van der Waals surface area contributed by atoms with E-state index < -0.39 is 18.2 Å². The van der Waals surface area contributed by atoms with Crippen LogP contribution in [0.4, 0.5) is 10.5 Å². The van der Waals surface area contributed by atoms with Crippen molar-refractivity contribution in [1.82, 2.24) is 10.2 Å². The summed E-state index contributed by atoms with van der Waals surface area (Å²) < 4.78 is 5.71. The maximum absolute atomic E-state index is 13.2. The highest BCUT2D eigenvalue weighted by Gasteiger charge is 2.47. The lowest BCUT2D eigenvalue weighted by atomic mass is 9.99. The lowest BCUT2D eigenvalue weighted by Crippen LogP contribution is -2.47. The lowest BCUT2D eigenvalue weighted by molar-refractivity contribution is -0.126. The highest BCUT2D eigenvalue weighted by Crippen LogP contribution is 2.35. The van der Waals surface area contributed by atoms with Crippen LogP contribution in [0.15, 0.2) is 54.6 Å². The maximum atomic E-state index is 13.2. The minimum absolute atomic E-state index is 0.0810. The van der Waals surface area contributed by atoms with Gasteiger partial charge >= 0.3 is 6.09 Å². The molecule has 7 nitrogen and oxygen atoms in total. The van der Waals surface area contributed by atoms with Crippen LogP contribution in [0.25, 0.3) is 0 Å². The van der Waals surface area contributed by atoms with E-state index >= 15 is 0 Å². The number of nitrogens with zero attached hydrogens (tertiary/aromatic N) is 1. The van der Waals surface area contributed by atoms with E-state index in [1.165, 1.54) is 4.90 Å². The van der Waals surface area contributed by atoms with Gasteiger partial charge in [-0.2, -0.15) is 0 Å². The van der Waals surface area contributed by atoms with Gasteiger partial charge in [0.2, 0.25) is 11.8 Å². The number of anilines is 1. The number of ether oxygens (including phenoxy) is 1. The zero-order valence-corrected chi connectivity index (χ0v) is 19.7. The molecule has 3 rings (SSSR count). The molecule has 2 aromatic rings. The Morgan fingerprint density at radius 2 is 1.73 bits per heavy atom. The first-order chi connectivity index (χ1) is 15.7. The number of rotatable bonds is 9. The van der Waals surface area contributed by atoms with E-state index in [2.05, 4.69) is 10.6 Å². The van der Waals surface area contributed by atoms with Gasteiger partial charge in [0.15, 0.2) is 12.1 Å². The molecule has 1 aliphatic rings. The average molecular weight is 452 g/mol. The van der Waals surface area contributed by atoms with Gasteiger partial charge in [-0.05, 0) is 35.1 Å². The summed E-state index contributed by atoms with van der Waals surface area (Å²) >= 11 is 0. The van der Waals surface area contributed by atoms with Gasteiger partial charge in [0.1, 0.15) is 0 Å². The summed E-state index contributed by atoms with van der Waals surface area (Å²) in [6.45, 7) is 8.76. The quantitative estimate of drug-likeness (QED) is 0.587. The van der Waals surface area contributed by atoms with Crippen LogP contribution < -0.4 is 10.6 Å². The summed E-state index contributed by atoms with van der Waals surface area (Å²) in [5, 5.41) is 5.84. The number of hydrogen-bond donors (Lipinski definition) is 2. The second-order valence-corrected chi connectivity index (χ2v) is 9.27. The minimum Gasteiger partial charge on any atom is -0.438 e. The van der Waals surface area contributed by atoms with Crippen LogP contribution in [-0.2, 0) is 20.9 Å².